The average Bonchev–Trinajstić information content (AvgIpc) is 3.23. The average molecular weight is 421 g/mol. The predicted molar refractivity (Wildman–Crippen MR) is 117 cm³/mol. The van der Waals surface area contributed by atoms with Gasteiger partial charge in [-0.15, -0.1) is 0 Å². The van der Waals surface area contributed by atoms with Crippen LogP contribution in [0.4, 0.5) is 15.9 Å². The fourth-order valence-corrected chi connectivity index (χ4v) is 3.59. The van der Waals surface area contributed by atoms with E-state index in [2.05, 4.69) is 10.4 Å². The molecule has 2 amide bonds. The van der Waals surface area contributed by atoms with Crippen molar-refractivity contribution < 1.29 is 14.0 Å². The summed E-state index contributed by atoms with van der Waals surface area (Å²) in [7, 11) is 0. The van der Waals surface area contributed by atoms with E-state index in [1.807, 2.05) is 35.2 Å². The first-order valence-corrected chi connectivity index (χ1v) is 10.3. The second kappa shape index (κ2) is 8.99. The molecule has 0 bridgehead atoms. The molecule has 1 aliphatic heterocycles. The highest BCUT2D eigenvalue weighted by atomic mass is 19.1. The van der Waals surface area contributed by atoms with Crippen LogP contribution in [0.1, 0.15) is 23.8 Å². The van der Waals surface area contributed by atoms with Gasteiger partial charge in [0.2, 0.25) is 5.91 Å². The van der Waals surface area contributed by atoms with E-state index in [9.17, 15) is 14.0 Å². The molecule has 1 aliphatic rings. The Balaban J connectivity index is 1.52. The van der Waals surface area contributed by atoms with Gasteiger partial charge < -0.3 is 15.1 Å². The normalized spacial score (nSPS) is 13.9. The van der Waals surface area contributed by atoms with E-state index in [1.54, 1.807) is 40.8 Å². The number of anilines is 2. The van der Waals surface area contributed by atoms with Crippen LogP contribution in [0.3, 0.4) is 0 Å². The Morgan fingerprint density at radius 2 is 1.68 bits per heavy atom. The van der Waals surface area contributed by atoms with Crippen LogP contribution >= 0.6 is 0 Å². The summed E-state index contributed by atoms with van der Waals surface area (Å²) in [6.45, 7) is 3.75. The summed E-state index contributed by atoms with van der Waals surface area (Å²) < 4.78 is 15.6. The van der Waals surface area contributed by atoms with Gasteiger partial charge in [0.1, 0.15) is 11.6 Å². The van der Waals surface area contributed by atoms with Crippen molar-refractivity contribution >= 4 is 23.3 Å². The zero-order valence-electron chi connectivity index (χ0n) is 17.3. The van der Waals surface area contributed by atoms with Crippen LogP contribution in [0.15, 0.2) is 60.7 Å². The first-order valence-electron chi connectivity index (χ1n) is 10.3. The lowest BCUT2D eigenvalue weighted by atomic mass is 10.2. The third kappa shape index (κ3) is 4.42. The van der Waals surface area contributed by atoms with Crippen molar-refractivity contribution in [1.29, 1.82) is 0 Å². The summed E-state index contributed by atoms with van der Waals surface area (Å²) in [5.41, 5.74) is 1.56. The smallest absolute Gasteiger partial charge is 0.274 e. The van der Waals surface area contributed by atoms with E-state index in [-0.39, 0.29) is 23.3 Å². The maximum Gasteiger partial charge on any atom is 0.274 e. The van der Waals surface area contributed by atoms with Crippen LogP contribution in [-0.2, 0) is 4.79 Å². The molecule has 3 aromatic rings. The van der Waals surface area contributed by atoms with Crippen LogP contribution in [0.2, 0.25) is 0 Å². The molecule has 0 radical (unpaired) electrons. The largest absolute Gasteiger partial charge is 0.366 e. The van der Waals surface area contributed by atoms with Gasteiger partial charge in [-0.3, -0.25) is 9.59 Å². The molecule has 1 N–H and O–H groups in total. The number of halogens is 1. The number of rotatable bonds is 5. The molecule has 31 heavy (non-hydrogen) atoms. The maximum atomic E-state index is 14.1. The Labute approximate surface area is 180 Å². The zero-order valence-corrected chi connectivity index (χ0v) is 17.3. The summed E-state index contributed by atoms with van der Waals surface area (Å²) in [6.07, 6.45) is 0.321. The zero-order chi connectivity index (χ0) is 21.8. The molecule has 1 aromatic heterocycles. The topological polar surface area (TPSA) is 70.5 Å². The lowest BCUT2D eigenvalue weighted by molar-refractivity contribution is -0.115. The highest BCUT2D eigenvalue weighted by Gasteiger charge is 2.26. The molecule has 2 aromatic carbocycles. The molecule has 1 fully saturated rings. The van der Waals surface area contributed by atoms with E-state index in [0.29, 0.717) is 44.1 Å². The molecule has 0 saturated carbocycles. The molecule has 0 spiro atoms. The monoisotopic (exact) mass is 421 g/mol. The lowest BCUT2D eigenvalue weighted by Crippen LogP contribution is -2.49. The number of amides is 2. The lowest BCUT2D eigenvalue weighted by Gasteiger charge is -2.35. The third-order valence-electron chi connectivity index (χ3n) is 5.28. The summed E-state index contributed by atoms with van der Waals surface area (Å²) in [6, 6.07) is 17.6. The second-order valence-electron chi connectivity index (χ2n) is 7.29. The van der Waals surface area contributed by atoms with Crippen LogP contribution < -0.4 is 10.2 Å². The molecule has 8 heteroatoms. The molecule has 0 atom stereocenters. The molecule has 0 unspecified atom stereocenters. The fraction of sp³-hybridized carbons (Fsp3) is 0.261. The van der Waals surface area contributed by atoms with Gasteiger partial charge in [-0.05, 0) is 24.3 Å². The Kier molecular flexibility index (Phi) is 5.97. The maximum absolute atomic E-state index is 14.1. The van der Waals surface area contributed by atoms with Crippen molar-refractivity contribution in [3.8, 4) is 5.69 Å². The highest BCUT2D eigenvalue weighted by Crippen LogP contribution is 2.22. The van der Waals surface area contributed by atoms with Gasteiger partial charge in [-0.2, -0.15) is 5.10 Å². The van der Waals surface area contributed by atoms with Gasteiger partial charge in [-0.25, -0.2) is 9.07 Å². The summed E-state index contributed by atoms with van der Waals surface area (Å²) in [5, 5.41) is 7.28. The Morgan fingerprint density at radius 1 is 1.00 bits per heavy atom. The van der Waals surface area contributed by atoms with E-state index < -0.39 is 0 Å². The molecule has 0 aliphatic carbocycles. The molecule has 7 nitrogen and oxygen atoms in total. The molecular formula is C23H24FN5O2. The number of hydrogen-bond donors (Lipinski definition) is 1. The van der Waals surface area contributed by atoms with Crippen molar-refractivity contribution in [2.75, 3.05) is 36.4 Å². The van der Waals surface area contributed by atoms with Crippen molar-refractivity contribution in [3.05, 3.63) is 72.2 Å². The van der Waals surface area contributed by atoms with Crippen LogP contribution in [-0.4, -0.2) is 52.7 Å². The van der Waals surface area contributed by atoms with Crippen molar-refractivity contribution in [3.63, 3.8) is 0 Å². The first-order chi connectivity index (χ1) is 15.1. The Hall–Kier alpha value is -3.68. The quantitative estimate of drug-likeness (QED) is 0.686. The fourth-order valence-electron chi connectivity index (χ4n) is 3.59. The number of nitrogens with one attached hydrogen (secondary N) is 1. The Morgan fingerprint density at radius 3 is 2.35 bits per heavy atom. The van der Waals surface area contributed by atoms with Crippen LogP contribution in [0.25, 0.3) is 5.69 Å². The Bertz CT molecular complexity index is 1070. The number of nitrogens with zero attached hydrogens (tertiary/aromatic N) is 4. The molecular weight excluding hydrogens is 397 g/mol. The van der Waals surface area contributed by atoms with Gasteiger partial charge >= 0.3 is 0 Å². The minimum Gasteiger partial charge on any atom is -0.366 e. The number of carbonyl (C=O) groups excluding carboxylic acids is 2. The SMILES string of the molecule is CCC(=O)Nc1cc(C(=O)N2CCN(c3ccccc3F)CC2)nn1-c1ccccc1. The van der Waals surface area contributed by atoms with Crippen molar-refractivity contribution in [2.45, 2.75) is 13.3 Å². The minimum absolute atomic E-state index is 0.158. The van der Waals surface area contributed by atoms with Gasteiger partial charge in [0.25, 0.3) is 5.91 Å². The van der Waals surface area contributed by atoms with E-state index >= 15 is 0 Å². The van der Waals surface area contributed by atoms with Gasteiger partial charge in [0.15, 0.2) is 5.69 Å². The predicted octanol–water partition coefficient (Wildman–Crippen LogP) is 3.32. The van der Waals surface area contributed by atoms with Gasteiger partial charge in [0.05, 0.1) is 11.4 Å². The molecule has 4 rings (SSSR count). The van der Waals surface area contributed by atoms with Crippen molar-refractivity contribution in [2.24, 2.45) is 0 Å². The number of aromatic nitrogens is 2. The number of carbonyl (C=O) groups is 2. The van der Waals surface area contributed by atoms with Crippen LogP contribution in [0.5, 0.6) is 0 Å². The van der Waals surface area contributed by atoms with Gasteiger partial charge in [-0.1, -0.05) is 37.3 Å². The molecule has 2 heterocycles. The first kappa shape index (κ1) is 20.6. The van der Waals surface area contributed by atoms with Gasteiger partial charge in [0, 0.05) is 38.7 Å². The standard InChI is InChI=1S/C23H24FN5O2/c1-2-22(30)25-21-16-19(26-29(21)17-8-4-3-5-9-17)23(31)28-14-12-27(13-15-28)20-11-7-6-10-18(20)24/h3-11,16H,2,12-15H2,1H3,(H,25,30). The van der Waals surface area contributed by atoms with E-state index in [1.165, 1.54) is 6.07 Å². The van der Waals surface area contributed by atoms with E-state index in [4.69, 9.17) is 0 Å². The third-order valence-corrected chi connectivity index (χ3v) is 5.28. The summed E-state index contributed by atoms with van der Waals surface area (Å²) in [5.74, 6) is -0.184. The van der Waals surface area contributed by atoms with Crippen LogP contribution in [0, 0.1) is 5.82 Å². The second-order valence-corrected chi connectivity index (χ2v) is 7.29. The number of para-hydroxylation sites is 2. The van der Waals surface area contributed by atoms with E-state index in [0.717, 1.165) is 5.69 Å². The highest BCUT2D eigenvalue weighted by molar-refractivity contribution is 5.95. The minimum atomic E-state index is -0.264. The summed E-state index contributed by atoms with van der Waals surface area (Å²) in [4.78, 5) is 28.7. The number of hydrogen-bond acceptors (Lipinski definition) is 4. The van der Waals surface area contributed by atoms with Crippen molar-refractivity contribution in [1.82, 2.24) is 14.7 Å². The number of benzene rings is 2. The molecule has 1 saturated heterocycles. The summed E-state index contributed by atoms with van der Waals surface area (Å²) >= 11 is 0. The molecule has 160 valence electrons. The number of piperazine rings is 1.